The van der Waals surface area contributed by atoms with E-state index >= 15 is 0 Å². The monoisotopic (exact) mass is 636 g/mol. The van der Waals surface area contributed by atoms with Gasteiger partial charge < -0.3 is 44.1 Å². The van der Waals surface area contributed by atoms with Crippen molar-refractivity contribution in [1.82, 2.24) is 0 Å². The van der Waals surface area contributed by atoms with Gasteiger partial charge in [-0.2, -0.15) is 0 Å². The minimum Gasteiger partial charge on any atom is -0.456 e. The lowest BCUT2D eigenvalue weighted by atomic mass is 9.51. The molecule has 13 nitrogen and oxygen atoms in total. The Hall–Kier alpha value is -3.72. The van der Waals surface area contributed by atoms with Gasteiger partial charge >= 0.3 is 17.9 Å². The summed E-state index contributed by atoms with van der Waals surface area (Å²) in [5, 5.41) is 47.0. The van der Waals surface area contributed by atoms with Gasteiger partial charge in [0.05, 0.1) is 23.5 Å². The standard InChI is InChI=1S/C33H32O13/c1-29(2,3)19-18(35)22-31-20(36)23-32(41,21(37)25(38)43-23)33(31,27(40)44-22)46-28-30(19,31)24(26(39)45-28)42-13-14-9-11-16(12-10-14)17(34)15-7-5-4-6-8-15/h4-12,18-24,28,35-37,41H,13H2,1-3H3/t18-,19?,20?,21-,22?,23?,24+,28?,30?,31?,32-,33?/m1/s1. The fraction of sp³-hybridized carbons (Fsp3) is 0.515. The quantitative estimate of drug-likeness (QED) is 0.191. The fourth-order valence-electron chi connectivity index (χ4n) is 9.89. The Bertz CT molecular complexity index is 1690. The van der Waals surface area contributed by atoms with Gasteiger partial charge in [0.15, 0.2) is 29.7 Å². The molecule has 4 heterocycles. The Morgan fingerprint density at radius 1 is 0.870 bits per heavy atom. The first-order chi connectivity index (χ1) is 21.7. The number of carbonyl (C=O) groups excluding carboxylic acids is 4. The molecule has 4 aliphatic heterocycles. The number of hydrogen-bond donors (Lipinski definition) is 4. The highest BCUT2D eigenvalue weighted by molar-refractivity contribution is 6.09. The highest BCUT2D eigenvalue weighted by Crippen LogP contribution is 2.84. The zero-order chi connectivity index (χ0) is 32.8. The fourth-order valence-corrected chi connectivity index (χ4v) is 9.89. The molecule has 2 saturated carbocycles. The molecule has 0 amide bonds. The number of carbonyl (C=O) groups is 4. The predicted molar refractivity (Wildman–Crippen MR) is 149 cm³/mol. The van der Waals surface area contributed by atoms with Crippen LogP contribution in [-0.2, 0) is 44.7 Å². The molecule has 0 aromatic heterocycles. The predicted octanol–water partition coefficient (Wildman–Crippen LogP) is -0.218. The number of aliphatic hydroxyl groups is 4. The van der Waals surface area contributed by atoms with Crippen molar-refractivity contribution in [1.29, 1.82) is 0 Å². The van der Waals surface area contributed by atoms with Crippen molar-refractivity contribution in [2.75, 3.05) is 0 Å². The van der Waals surface area contributed by atoms with Gasteiger partial charge in [0, 0.05) is 17.0 Å². The number of ether oxygens (including phenoxy) is 5. The third kappa shape index (κ3) is 2.94. The molecular weight excluding hydrogens is 604 g/mol. The van der Waals surface area contributed by atoms with Gasteiger partial charge in [-0.1, -0.05) is 75.4 Å². The maximum Gasteiger partial charge on any atom is 0.343 e. The van der Waals surface area contributed by atoms with Gasteiger partial charge in [0.1, 0.15) is 12.2 Å². The number of esters is 3. The molecule has 0 bridgehead atoms. The van der Waals surface area contributed by atoms with Crippen molar-refractivity contribution in [3.63, 3.8) is 0 Å². The largest absolute Gasteiger partial charge is 0.456 e. The van der Waals surface area contributed by atoms with Crippen LogP contribution in [0.4, 0.5) is 0 Å². The Labute approximate surface area is 262 Å². The molecule has 242 valence electrons. The molecule has 2 aliphatic carbocycles. The Kier molecular flexibility index (Phi) is 5.80. The summed E-state index contributed by atoms with van der Waals surface area (Å²) in [6, 6.07) is 15.3. The van der Waals surface area contributed by atoms with Crippen LogP contribution < -0.4 is 0 Å². The van der Waals surface area contributed by atoms with Gasteiger partial charge in [-0.15, -0.1) is 0 Å². The van der Waals surface area contributed by atoms with E-state index in [1.54, 1.807) is 69.3 Å². The summed E-state index contributed by atoms with van der Waals surface area (Å²) in [6.45, 7) is 5.13. The van der Waals surface area contributed by atoms with E-state index in [9.17, 15) is 39.6 Å². The average Bonchev–Trinajstić information content (AvgIpc) is 3.72. The summed E-state index contributed by atoms with van der Waals surface area (Å²) in [7, 11) is 0. The maximum atomic E-state index is 13.9. The average molecular weight is 637 g/mol. The molecule has 12 atom stereocenters. The molecule has 46 heavy (non-hydrogen) atoms. The summed E-state index contributed by atoms with van der Waals surface area (Å²) < 4.78 is 29.2. The lowest BCUT2D eigenvalue weighted by Gasteiger charge is -2.48. The van der Waals surface area contributed by atoms with Crippen molar-refractivity contribution in [2.45, 2.75) is 81.5 Å². The number of rotatable bonds is 5. The minimum atomic E-state index is -2.85. The molecule has 2 spiro atoms. The highest BCUT2D eigenvalue weighted by Gasteiger charge is 3.05. The Morgan fingerprint density at radius 2 is 1.52 bits per heavy atom. The molecule has 8 unspecified atom stereocenters. The van der Waals surface area contributed by atoms with Gasteiger partial charge in [0.2, 0.25) is 11.9 Å². The van der Waals surface area contributed by atoms with Crippen molar-refractivity contribution in [2.24, 2.45) is 22.2 Å². The number of hydrogen-bond acceptors (Lipinski definition) is 13. The van der Waals surface area contributed by atoms with E-state index in [0.29, 0.717) is 16.7 Å². The van der Waals surface area contributed by atoms with Crippen LogP contribution in [0, 0.1) is 22.2 Å². The van der Waals surface area contributed by atoms with E-state index in [1.807, 2.05) is 6.07 Å². The third-order valence-electron chi connectivity index (χ3n) is 11.2. The molecule has 2 aromatic carbocycles. The molecule has 13 heteroatoms. The first kappa shape index (κ1) is 29.7. The van der Waals surface area contributed by atoms with Crippen LogP contribution in [0.5, 0.6) is 0 Å². The summed E-state index contributed by atoms with van der Waals surface area (Å²) >= 11 is 0. The van der Waals surface area contributed by atoms with E-state index in [4.69, 9.17) is 23.7 Å². The Balaban J connectivity index is 1.23. The summed E-state index contributed by atoms with van der Waals surface area (Å²) in [4.78, 5) is 53.0. The molecule has 4 N–H and O–H groups in total. The van der Waals surface area contributed by atoms with E-state index in [0.717, 1.165) is 0 Å². The number of aliphatic hydroxyl groups excluding tert-OH is 3. The number of ketones is 1. The van der Waals surface area contributed by atoms with Crippen molar-refractivity contribution < 1.29 is 63.3 Å². The number of fused-ring (bicyclic) bond motifs is 1. The minimum absolute atomic E-state index is 0.181. The van der Waals surface area contributed by atoms with Crippen molar-refractivity contribution in [3.8, 4) is 0 Å². The third-order valence-corrected chi connectivity index (χ3v) is 11.2. The normalized spacial score (nSPS) is 44.7. The zero-order valence-corrected chi connectivity index (χ0v) is 25.0. The van der Waals surface area contributed by atoms with Crippen molar-refractivity contribution in [3.05, 3.63) is 71.3 Å². The number of benzene rings is 2. The first-order valence-electron chi connectivity index (χ1n) is 15.1. The highest BCUT2D eigenvalue weighted by atomic mass is 16.8. The van der Waals surface area contributed by atoms with E-state index < -0.39 is 94.2 Å². The van der Waals surface area contributed by atoms with Crippen LogP contribution in [0.15, 0.2) is 54.6 Å². The zero-order valence-electron chi connectivity index (χ0n) is 25.0. The van der Waals surface area contributed by atoms with Crippen LogP contribution in [0.25, 0.3) is 0 Å². The molecule has 6 fully saturated rings. The topological polar surface area (TPSA) is 195 Å². The van der Waals surface area contributed by atoms with Gasteiger partial charge in [-0.3, -0.25) is 4.79 Å². The van der Waals surface area contributed by atoms with Crippen molar-refractivity contribution >= 4 is 23.7 Å². The van der Waals surface area contributed by atoms with Crippen LogP contribution in [0.2, 0.25) is 0 Å². The maximum absolute atomic E-state index is 13.9. The van der Waals surface area contributed by atoms with Gasteiger partial charge in [0.25, 0.3) is 0 Å². The molecule has 6 aliphatic rings. The molecule has 0 radical (unpaired) electrons. The molecular formula is C33H32O13. The van der Waals surface area contributed by atoms with Crippen LogP contribution in [0.3, 0.4) is 0 Å². The second-order valence-corrected chi connectivity index (χ2v) is 14.1. The van der Waals surface area contributed by atoms with Gasteiger partial charge in [-0.05, 0) is 11.0 Å². The summed E-state index contributed by atoms with van der Waals surface area (Å²) in [5.41, 5.74) is -8.94. The molecule has 2 aromatic rings. The van der Waals surface area contributed by atoms with Gasteiger partial charge in [-0.25, -0.2) is 14.4 Å². The smallest absolute Gasteiger partial charge is 0.343 e. The second kappa shape index (κ2) is 9.00. The molecule has 4 saturated heterocycles. The second-order valence-electron chi connectivity index (χ2n) is 14.1. The van der Waals surface area contributed by atoms with E-state index in [-0.39, 0.29) is 12.4 Å². The van der Waals surface area contributed by atoms with E-state index in [1.165, 1.54) is 0 Å². The lowest BCUT2D eigenvalue weighted by Crippen LogP contribution is -2.69. The summed E-state index contributed by atoms with van der Waals surface area (Å²) in [5.74, 6) is -4.63. The lowest BCUT2D eigenvalue weighted by molar-refractivity contribution is -0.246. The Morgan fingerprint density at radius 3 is 2.17 bits per heavy atom. The van der Waals surface area contributed by atoms with Crippen LogP contribution in [-0.4, -0.2) is 98.2 Å². The van der Waals surface area contributed by atoms with Crippen LogP contribution >= 0.6 is 0 Å². The molecule has 8 rings (SSSR count). The summed E-state index contributed by atoms with van der Waals surface area (Å²) in [6.07, 6.45) is -12.5. The van der Waals surface area contributed by atoms with E-state index in [2.05, 4.69) is 0 Å². The van der Waals surface area contributed by atoms with Crippen LogP contribution in [0.1, 0.15) is 42.3 Å². The first-order valence-corrected chi connectivity index (χ1v) is 15.1. The SMILES string of the molecule is CC(C)(C)C1[C@@H](O)C2OC(=O)C34OC5OC(=O)[C@H](OCc6ccc(C(=O)c7ccccc7)cc6)C51C23C(O)C1OC(=O)[C@@H](O)[C@@]14O.